The van der Waals surface area contributed by atoms with E-state index in [1.54, 1.807) is 18.2 Å². The number of benzene rings is 4. The lowest BCUT2D eigenvalue weighted by Crippen LogP contribution is -2.13. The van der Waals surface area contributed by atoms with Gasteiger partial charge in [-0.15, -0.1) is 0 Å². The van der Waals surface area contributed by atoms with Gasteiger partial charge in [-0.1, -0.05) is 54.6 Å². The molecule has 0 radical (unpaired) electrons. The number of nitrogens with zero attached hydrogens (tertiary/aromatic N) is 2. The van der Waals surface area contributed by atoms with Crippen molar-refractivity contribution in [1.82, 2.24) is 9.97 Å². The third kappa shape index (κ3) is 3.04. The van der Waals surface area contributed by atoms with Crippen molar-refractivity contribution in [3.05, 3.63) is 96.1 Å². The lowest BCUT2D eigenvalue weighted by molar-refractivity contribution is 0.0653. The van der Waals surface area contributed by atoms with Gasteiger partial charge in [0, 0.05) is 10.8 Å². The summed E-state index contributed by atoms with van der Waals surface area (Å²) in [4.78, 5) is 34.0. The first-order valence-electron chi connectivity index (χ1n) is 10.6. The van der Waals surface area contributed by atoms with Gasteiger partial charge in [0.15, 0.2) is 0 Å². The van der Waals surface area contributed by atoms with E-state index in [0.717, 1.165) is 26.9 Å². The number of carboxylic acids is 2. The summed E-state index contributed by atoms with van der Waals surface area (Å²) in [5, 5.41) is 25.0. The predicted octanol–water partition coefficient (Wildman–Crippen LogP) is 6.15. The van der Waals surface area contributed by atoms with Crippen molar-refractivity contribution in [2.75, 3.05) is 0 Å². The molecule has 0 unspecified atom stereocenters. The number of hydrogen-bond acceptors (Lipinski definition) is 4. The van der Waals surface area contributed by atoms with E-state index in [2.05, 4.69) is 9.97 Å². The summed E-state index contributed by atoms with van der Waals surface area (Å²) in [6, 6.07) is 26.3. The van der Waals surface area contributed by atoms with Crippen LogP contribution < -0.4 is 0 Å². The molecule has 0 bridgehead atoms. The monoisotopic (exact) mass is 444 g/mol. The highest BCUT2D eigenvalue weighted by Gasteiger charge is 2.27. The molecule has 162 valence electrons. The standard InChI is InChI=1S/C28H16N2O4/c31-27(32)24-20-12-16-6-2-4-8-18(16)14-23(20)30-26(25(24)28(33)34)21-10-9-19-11-15-5-1-3-7-17(15)13-22(19)29-21/h1-14H,(H,31,32)(H,33,34). The van der Waals surface area contributed by atoms with Crippen LogP contribution in [0.25, 0.3) is 54.7 Å². The summed E-state index contributed by atoms with van der Waals surface area (Å²) in [5.74, 6) is -2.69. The minimum Gasteiger partial charge on any atom is -0.478 e. The van der Waals surface area contributed by atoms with Crippen LogP contribution in [0.2, 0.25) is 0 Å². The maximum Gasteiger partial charge on any atom is 0.338 e. The van der Waals surface area contributed by atoms with Crippen LogP contribution in [-0.2, 0) is 0 Å². The van der Waals surface area contributed by atoms with Crippen molar-refractivity contribution >= 4 is 55.3 Å². The molecule has 0 spiro atoms. The van der Waals surface area contributed by atoms with E-state index in [9.17, 15) is 19.8 Å². The summed E-state index contributed by atoms with van der Waals surface area (Å²) in [5.41, 5.74) is 0.739. The van der Waals surface area contributed by atoms with E-state index in [1.165, 1.54) is 0 Å². The molecule has 0 aliphatic heterocycles. The topological polar surface area (TPSA) is 100 Å². The number of hydrogen-bond donors (Lipinski definition) is 2. The van der Waals surface area contributed by atoms with Gasteiger partial charge in [-0.2, -0.15) is 0 Å². The molecule has 0 fully saturated rings. The Morgan fingerprint density at radius 3 is 1.74 bits per heavy atom. The van der Waals surface area contributed by atoms with Gasteiger partial charge < -0.3 is 10.2 Å². The maximum absolute atomic E-state index is 12.3. The summed E-state index contributed by atoms with van der Waals surface area (Å²) in [6.45, 7) is 0. The average molecular weight is 444 g/mol. The third-order valence-corrected chi connectivity index (χ3v) is 6.08. The van der Waals surface area contributed by atoms with Crippen LogP contribution in [0.3, 0.4) is 0 Å². The van der Waals surface area contributed by atoms with Crippen LogP contribution in [0.1, 0.15) is 20.7 Å². The van der Waals surface area contributed by atoms with Gasteiger partial charge in [-0.05, 0) is 51.9 Å². The fourth-order valence-electron chi connectivity index (χ4n) is 4.51. The summed E-state index contributed by atoms with van der Waals surface area (Å²) in [7, 11) is 0. The van der Waals surface area contributed by atoms with Crippen molar-refractivity contribution < 1.29 is 19.8 Å². The summed E-state index contributed by atoms with van der Waals surface area (Å²) in [6.07, 6.45) is 0. The highest BCUT2D eigenvalue weighted by Crippen LogP contribution is 2.33. The molecule has 4 aromatic carbocycles. The Balaban J connectivity index is 1.70. The van der Waals surface area contributed by atoms with Crippen molar-refractivity contribution in [3.63, 3.8) is 0 Å². The van der Waals surface area contributed by atoms with Gasteiger partial charge >= 0.3 is 11.9 Å². The van der Waals surface area contributed by atoms with Crippen molar-refractivity contribution in [3.8, 4) is 11.4 Å². The van der Waals surface area contributed by atoms with E-state index in [4.69, 9.17) is 0 Å². The first-order valence-corrected chi connectivity index (χ1v) is 10.6. The Hall–Kier alpha value is -4.84. The third-order valence-electron chi connectivity index (χ3n) is 6.08. The number of aromatic nitrogens is 2. The number of aromatic carboxylic acids is 2. The molecular weight excluding hydrogens is 428 g/mol. The SMILES string of the molecule is O=C(O)c1c(-c2ccc3cc4ccccc4cc3n2)nc2cc3ccccc3cc2c1C(=O)O. The van der Waals surface area contributed by atoms with E-state index >= 15 is 0 Å². The van der Waals surface area contributed by atoms with Gasteiger partial charge in [-0.25, -0.2) is 19.6 Å². The molecule has 2 N–H and O–H groups in total. The molecule has 0 saturated carbocycles. The smallest absolute Gasteiger partial charge is 0.338 e. The second-order valence-electron chi connectivity index (χ2n) is 8.13. The summed E-state index contributed by atoms with van der Waals surface area (Å²) >= 11 is 0. The van der Waals surface area contributed by atoms with E-state index in [1.807, 2.05) is 66.7 Å². The molecular formula is C28H16N2O4. The van der Waals surface area contributed by atoms with Gasteiger partial charge in [0.1, 0.15) is 11.3 Å². The predicted molar refractivity (Wildman–Crippen MR) is 131 cm³/mol. The number of pyridine rings is 2. The Morgan fingerprint density at radius 1 is 0.559 bits per heavy atom. The van der Waals surface area contributed by atoms with E-state index < -0.39 is 11.9 Å². The molecule has 6 heteroatoms. The van der Waals surface area contributed by atoms with Crippen molar-refractivity contribution in [2.45, 2.75) is 0 Å². The normalized spacial score (nSPS) is 11.4. The van der Waals surface area contributed by atoms with Gasteiger partial charge in [-0.3, -0.25) is 0 Å². The molecule has 0 amide bonds. The van der Waals surface area contributed by atoms with Crippen molar-refractivity contribution in [1.29, 1.82) is 0 Å². The molecule has 0 aliphatic rings. The van der Waals surface area contributed by atoms with Crippen LogP contribution >= 0.6 is 0 Å². The van der Waals surface area contributed by atoms with Crippen molar-refractivity contribution in [2.24, 2.45) is 0 Å². The molecule has 0 aliphatic carbocycles. The minimum atomic E-state index is -1.37. The molecule has 6 nitrogen and oxygen atoms in total. The quantitative estimate of drug-likeness (QED) is 0.317. The zero-order chi connectivity index (χ0) is 23.4. The van der Waals surface area contributed by atoms with Crippen LogP contribution in [0.5, 0.6) is 0 Å². The average Bonchev–Trinajstić information content (AvgIpc) is 2.84. The number of carboxylic acid groups (broad SMARTS) is 2. The Kier molecular flexibility index (Phi) is 4.28. The Bertz CT molecular complexity index is 1830. The molecule has 0 saturated heterocycles. The number of rotatable bonds is 3. The van der Waals surface area contributed by atoms with Gasteiger partial charge in [0.2, 0.25) is 0 Å². The van der Waals surface area contributed by atoms with Crippen LogP contribution in [0.15, 0.2) is 84.9 Å². The Labute approximate surface area is 192 Å². The minimum absolute atomic E-state index is 0.0303. The molecule has 2 aromatic heterocycles. The second kappa shape index (κ2) is 7.35. The number of carbonyl (C=O) groups is 2. The largest absolute Gasteiger partial charge is 0.478 e. The lowest BCUT2D eigenvalue weighted by Gasteiger charge is -2.13. The molecule has 6 rings (SSSR count). The first kappa shape index (κ1) is 19.8. The van der Waals surface area contributed by atoms with E-state index in [0.29, 0.717) is 16.7 Å². The molecule has 34 heavy (non-hydrogen) atoms. The van der Waals surface area contributed by atoms with Crippen LogP contribution in [0.4, 0.5) is 0 Å². The summed E-state index contributed by atoms with van der Waals surface area (Å²) < 4.78 is 0. The van der Waals surface area contributed by atoms with Crippen LogP contribution in [0, 0.1) is 0 Å². The highest BCUT2D eigenvalue weighted by atomic mass is 16.4. The zero-order valence-electron chi connectivity index (χ0n) is 17.7. The molecule has 6 aromatic rings. The lowest BCUT2D eigenvalue weighted by atomic mass is 9.96. The zero-order valence-corrected chi connectivity index (χ0v) is 17.7. The number of fused-ring (bicyclic) bond motifs is 4. The fraction of sp³-hybridized carbons (Fsp3) is 0. The Morgan fingerprint density at radius 2 is 1.12 bits per heavy atom. The van der Waals surface area contributed by atoms with E-state index in [-0.39, 0.29) is 22.2 Å². The molecule has 0 atom stereocenters. The first-order chi connectivity index (χ1) is 16.5. The second-order valence-corrected chi connectivity index (χ2v) is 8.13. The molecule has 2 heterocycles. The van der Waals surface area contributed by atoms with Gasteiger partial charge in [0.25, 0.3) is 0 Å². The fourth-order valence-corrected chi connectivity index (χ4v) is 4.51. The maximum atomic E-state index is 12.3. The van der Waals surface area contributed by atoms with Gasteiger partial charge in [0.05, 0.1) is 22.3 Å². The van der Waals surface area contributed by atoms with Crippen LogP contribution in [-0.4, -0.2) is 32.1 Å². The highest BCUT2D eigenvalue weighted by molar-refractivity contribution is 6.16.